The highest BCUT2D eigenvalue weighted by atomic mass is 32.1. The Morgan fingerprint density at radius 2 is 2.25 bits per heavy atom. The second-order valence-electron chi connectivity index (χ2n) is 2.15. The molecular formula is C9H15NOS. The Morgan fingerprint density at radius 1 is 1.58 bits per heavy atom. The van der Waals surface area contributed by atoms with Gasteiger partial charge >= 0.3 is 0 Å². The van der Waals surface area contributed by atoms with Crippen LogP contribution in [0.1, 0.15) is 6.92 Å². The monoisotopic (exact) mass is 185 g/mol. The van der Waals surface area contributed by atoms with Crippen molar-refractivity contribution in [3.63, 3.8) is 0 Å². The molecule has 3 heteroatoms. The van der Waals surface area contributed by atoms with Gasteiger partial charge in [-0.3, -0.25) is 0 Å². The van der Waals surface area contributed by atoms with Crippen LogP contribution in [0, 0.1) is 0 Å². The highest BCUT2D eigenvalue weighted by Gasteiger charge is 1.86. The van der Waals surface area contributed by atoms with Crippen molar-refractivity contribution in [3.05, 3.63) is 35.5 Å². The van der Waals surface area contributed by atoms with Crippen LogP contribution in [0.3, 0.4) is 0 Å². The van der Waals surface area contributed by atoms with Crippen LogP contribution in [0.25, 0.3) is 0 Å². The summed E-state index contributed by atoms with van der Waals surface area (Å²) >= 11 is 4.15. The summed E-state index contributed by atoms with van der Waals surface area (Å²) in [7, 11) is 0. The summed E-state index contributed by atoms with van der Waals surface area (Å²) in [6.45, 7) is 6.59. The van der Waals surface area contributed by atoms with Gasteiger partial charge in [-0.05, 0) is 24.0 Å². The normalized spacial score (nSPS) is 12.1. The summed E-state index contributed by atoms with van der Waals surface area (Å²) in [5, 5.41) is 0. The molecule has 0 unspecified atom stereocenters. The molecule has 0 bridgehead atoms. The van der Waals surface area contributed by atoms with Crippen LogP contribution in [0.5, 0.6) is 0 Å². The Hall–Kier alpha value is -0.670. The lowest BCUT2D eigenvalue weighted by atomic mass is 10.4. The number of hydrogen-bond acceptors (Lipinski definition) is 3. The molecule has 0 saturated heterocycles. The number of ether oxygens (including phenoxy) is 1. The fourth-order valence-electron chi connectivity index (χ4n) is 0.513. The molecule has 0 fully saturated rings. The second-order valence-corrected chi connectivity index (χ2v) is 2.67. The molecule has 2 N–H and O–H groups in total. The van der Waals surface area contributed by atoms with Gasteiger partial charge < -0.3 is 10.5 Å². The van der Waals surface area contributed by atoms with E-state index in [1.54, 1.807) is 6.08 Å². The van der Waals surface area contributed by atoms with Crippen LogP contribution < -0.4 is 5.73 Å². The van der Waals surface area contributed by atoms with E-state index in [9.17, 15) is 0 Å². The van der Waals surface area contributed by atoms with E-state index in [2.05, 4.69) is 19.2 Å². The fraction of sp³-hybridized carbons (Fsp3) is 0.333. The molecule has 0 saturated carbocycles. The molecule has 0 aliphatic carbocycles. The van der Waals surface area contributed by atoms with Gasteiger partial charge in [-0.25, -0.2) is 0 Å². The minimum Gasteiger partial charge on any atom is -0.493 e. The first-order chi connectivity index (χ1) is 5.70. The first-order valence-corrected chi connectivity index (χ1v) is 4.20. The fourth-order valence-corrected chi connectivity index (χ4v) is 0.587. The molecule has 0 radical (unpaired) electrons. The average Bonchev–Trinajstić information content (AvgIpc) is 2.10. The van der Waals surface area contributed by atoms with E-state index in [1.807, 2.05) is 19.1 Å². The van der Waals surface area contributed by atoms with Gasteiger partial charge in [0.25, 0.3) is 0 Å². The SMILES string of the molecule is C=C(/C=C\C(S)=C/C)OCCN. The van der Waals surface area contributed by atoms with Gasteiger partial charge in [0.05, 0.1) is 0 Å². The molecule has 0 atom stereocenters. The predicted octanol–water partition coefficient (Wildman–Crippen LogP) is 1.87. The third kappa shape index (κ3) is 6.07. The van der Waals surface area contributed by atoms with Crippen molar-refractivity contribution in [2.75, 3.05) is 13.2 Å². The predicted molar refractivity (Wildman–Crippen MR) is 56.0 cm³/mol. The van der Waals surface area contributed by atoms with Crippen LogP contribution in [0.2, 0.25) is 0 Å². The van der Waals surface area contributed by atoms with Crippen LogP contribution in [0.4, 0.5) is 0 Å². The summed E-state index contributed by atoms with van der Waals surface area (Å²) in [5.41, 5.74) is 5.24. The molecule has 0 aliphatic rings. The van der Waals surface area contributed by atoms with E-state index in [1.165, 1.54) is 0 Å². The molecule has 0 aromatic rings. The zero-order valence-corrected chi connectivity index (χ0v) is 8.18. The zero-order chi connectivity index (χ0) is 9.40. The number of nitrogens with two attached hydrogens (primary N) is 1. The van der Waals surface area contributed by atoms with Crippen molar-refractivity contribution in [2.45, 2.75) is 6.92 Å². The Balaban J connectivity index is 3.76. The van der Waals surface area contributed by atoms with E-state index < -0.39 is 0 Å². The van der Waals surface area contributed by atoms with Crippen LogP contribution in [-0.4, -0.2) is 13.2 Å². The summed E-state index contributed by atoms with van der Waals surface area (Å²) in [4.78, 5) is 0.882. The number of allylic oxidation sites excluding steroid dienone is 3. The Kier molecular flexibility index (Phi) is 6.61. The lowest BCUT2D eigenvalue weighted by molar-refractivity contribution is 0.235. The van der Waals surface area contributed by atoms with E-state index in [0.717, 1.165) is 4.91 Å². The van der Waals surface area contributed by atoms with Crippen molar-refractivity contribution in [1.82, 2.24) is 0 Å². The van der Waals surface area contributed by atoms with E-state index >= 15 is 0 Å². The van der Waals surface area contributed by atoms with Gasteiger partial charge in [0, 0.05) is 6.54 Å². The van der Waals surface area contributed by atoms with Crippen LogP contribution >= 0.6 is 12.6 Å². The summed E-state index contributed by atoms with van der Waals surface area (Å²) in [5.74, 6) is 0.605. The molecule has 0 aromatic carbocycles. The second kappa shape index (κ2) is 7.00. The van der Waals surface area contributed by atoms with Gasteiger partial charge in [-0.1, -0.05) is 12.7 Å². The molecule has 68 valence electrons. The van der Waals surface area contributed by atoms with Gasteiger partial charge in [-0.2, -0.15) is 0 Å². The van der Waals surface area contributed by atoms with Gasteiger partial charge in [0.1, 0.15) is 12.4 Å². The highest BCUT2D eigenvalue weighted by molar-refractivity contribution is 7.84. The van der Waals surface area contributed by atoms with Crippen molar-refractivity contribution < 1.29 is 4.74 Å². The molecule has 12 heavy (non-hydrogen) atoms. The lowest BCUT2D eigenvalue weighted by Crippen LogP contribution is -2.06. The third-order valence-corrected chi connectivity index (χ3v) is 1.55. The molecule has 0 spiro atoms. The summed E-state index contributed by atoms with van der Waals surface area (Å²) < 4.78 is 5.12. The highest BCUT2D eigenvalue weighted by Crippen LogP contribution is 2.04. The van der Waals surface area contributed by atoms with Crippen LogP contribution in [-0.2, 0) is 4.74 Å². The third-order valence-electron chi connectivity index (χ3n) is 1.14. The molecule has 0 heterocycles. The summed E-state index contributed by atoms with van der Waals surface area (Å²) in [6.07, 6.45) is 5.47. The first kappa shape index (κ1) is 11.3. The quantitative estimate of drug-likeness (QED) is 0.389. The Labute approximate surface area is 79.2 Å². The lowest BCUT2D eigenvalue weighted by Gasteiger charge is -2.01. The van der Waals surface area contributed by atoms with Crippen molar-refractivity contribution >= 4 is 12.6 Å². The molecular weight excluding hydrogens is 170 g/mol. The molecule has 0 rings (SSSR count). The number of hydrogen-bond donors (Lipinski definition) is 2. The number of thiol groups is 1. The average molecular weight is 185 g/mol. The van der Waals surface area contributed by atoms with Crippen molar-refractivity contribution in [3.8, 4) is 0 Å². The van der Waals surface area contributed by atoms with Crippen LogP contribution in [0.15, 0.2) is 35.5 Å². The minimum absolute atomic E-state index is 0.501. The topological polar surface area (TPSA) is 35.2 Å². The van der Waals surface area contributed by atoms with E-state index in [0.29, 0.717) is 18.9 Å². The smallest absolute Gasteiger partial charge is 0.112 e. The Bertz CT molecular complexity index is 197. The number of rotatable bonds is 5. The standard InChI is InChI=1S/C9H15NOS/c1-3-9(12)5-4-8(2)11-7-6-10/h3-5,12H,2,6-7,10H2,1H3/b5-4-,9-3+. The zero-order valence-electron chi connectivity index (χ0n) is 7.29. The molecule has 0 aliphatic heterocycles. The Morgan fingerprint density at radius 3 is 2.75 bits per heavy atom. The van der Waals surface area contributed by atoms with Crippen molar-refractivity contribution in [2.24, 2.45) is 5.73 Å². The minimum atomic E-state index is 0.501. The van der Waals surface area contributed by atoms with Gasteiger partial charge in [-0.15, -0.1) is 12.6 Å². The molecule has 2 nitrogen and oxygen atoms in total. The first-order valence-electron chi connectivity index (χ1n) is 3.75. The van der Waals surface area contributed by atoms with E-state index in [4.69, 9.17) is 10.5 Å². The maximum Gasteiger partial charge on any atom is 0.112 e. The maximum absolute atomic E-state index is 5.24. The van der Waals surface area contributed by atoms with E-state index in [-0.39, 0.29) is 0 Å². The van der Waals surface area contributed by atoms with Crippen molar-refractivity contribution in [1.29, 1.82) is 0 Å². The molecule has 0 amide bonds. The summed E-state index contributed by atoms with van der Waals surface area (Å²) in [6, 6.07) is 0. The molecule has 0 aromatic heterocycles. The largest absolute Gasteiger partial charge is 0.493 e. The van der Waals surface area contributed by atoms with Gasteiger partial charge in [0.2, 0.25) is 0 Å². The van der Waals surface area contributed by atoms with Gasteiger partial charge in [0.15, 0.2) is 0 Å². The maximum atomic E-state index is 5.24.